The van der Waals surface area contributed by atoms with Crippen LogP contribution in [0.1, 0.15) is 13.8 Å². The zero-order chi connectivity index (χ0) is 7.40. The van der Waals surface area contributed by atoms with Crippen LogP contribution in [0.5, 0.6) is 0 Å². The minimum absolute atomic E-state index is 0.750. The molecule has 0 aromatic rings. The maximum Gasteiger partial charge on any atom is 0.0509 e. The van der Waals surface area contributed by atoms with Crippen molar-refractivity contribution in [2.75, 3.05) is 26.3 Å². The Morgan fingerprint density at radius 1 is 1.50 bits per heavy atom. The van der Waals surface area contributed by atoms with Gasteiger partial charge in [-0.1, -0.05) is 6.92 Å². The third-order valence-corrected chi connectivity index (χ3v) is 2.21. The SMILES string of the molecule is CCOCC1CNCC1C. The van der Waals surface area contributed by atoms with Crippen LogP contribution in [0.15, 0.2) is 0 Å². The molecule has 0 amide bonds. The average Bonchev–Trinajstić information content (AvgIpc) is 2.31. The van der Waals surface area contributed by atoms with Gasteiger partial charge in [-0.25, -0.2) is 0 Å². The van der Waals surface area contributed by atoms with Crippen LogP contribution >= 0.6 is 0 Å². The highest BCUT2D eigenvalue weighted by Crippen LogP contribution is 2.15. The lowest BCUT2D eigenvalue weighted by Gasteiger charge is -2.12. The van der Waals surface area contributed by atoms with Crippen LogP contribution < -0.4 is 5.32 Å². The Labute approximate surface area is 63.0 Å². The first-order valence-electron chi connectivity index (χ1n) is 4.13. The number of hydrogen-bond donors (Lipinski definition) is 1. The first-order valence-corrected chi connectivity index (χ1v) is 4.13. The van der Waals surface area contributed by atoms with E-state index in [9.17, 15) is 0 Å². The Bertz CT molecular complexity index is 95.3. The summed E-state index contributed by atoms with van der Waals surface area (Å²) in [6, 6.07) is 0. The van der Waals surface area contributed by atoms with E-state index >= 15 is 0 Å². The van der Waals surface area contributed by atoms with Gasteiger partial charge in [0.25, 0.3) is 0 Å². The summed E-state index contributed by atoms with van der Waals surface area (Å²) >= 11 is 0. The fourth-order valence-electron chi connectivity index (χ4n) is 1.36. The van der Waals surface area contributed by atoms with E-state index in [4.69, 9.17) is 4.74 Å². The van der Waals surface area contributed by atoms with Gasteiger partial charge in [-0.15, -0.1) is 0 Å². The van der Waals surface area contributed by atoms with Crippen LogP contribution in [0.3, 0.4) is 0 Å². The molecule has 1 aliphatic rings. The van der Waals surface area contributed by atoms with Crippen molar-refractivity contribution in [3.63, 3.8) is 0 Å². The lowest BCUT2D eigenvalue weighted by Crippen LogP contribution is -2.16. The molecular weight excluding hydrogens is 126 g/mol. The van der Waals surface area contributed by atoms with Gasteiger partial charge in [0.1, 0.15) is 0 Å². The van der Waals surface area contributed by atoms with E-state index in [0.717, 1.165) is 38.1 Å². The average molecular weight is 143 g/mol. The number of hydrogen-bond acceptors (Lipinski definition) is 2. The molecule has 1 rings (SSSR count). The zero-order valence-electron chi connectivity index (χ0n) is 6.89. The molecule has 0 saturated carbocycles. The summed E-state index contributed by atoms with van der Waals surface area (Å²) in [6.45, 7) is 8.42. The van der Waals surface area contributed by atoms with Gasteiger partial charge >= 0.3 is 0 Å². The van der Waals surface area contributed by atoms with Gasteiger partial charge in [0.15, 0.2) is 0 Å². The molecule has 0 aromatic carbocycles. The molecule has 0 spiro atoms. The highest BCUT2D eigenvalue weighted by atomic mass is 16.5. The Morgan fingerprint density at radius 3 is 2.80 bits per heavy atom. The fraction of sp³-hybridized carbons (Fsp3) is 1.00. The van der Waals surface area contributed by atoms with Gasteiger partial charge in [0.05, 0.1) is 6.61 Å². The molecule has 2 atom stereocenters. The van der Waals surface area contributed by atoms with Crippen molar-refractivity contribution in [1.29, 1.82) is 0 Å². The largest absolute Gasteiger partial charge is 0.381 e. The molecule has 1 saturated heterocycles. The van der Waals surface area contributed by atoms with Crippen molar-refractivity contribution in [2.45, 2.75) is 13.8 Å². The van der Waals surface area contributed by atoms with Gasteiger partial charge in [-0.2, -0.15) is 0 Å². The minimum Gasteiger partial charge on any atom is -0.381 e. The molecule has 1 aliphatic heterocycles. The predicted molar refractivity (Wildman–Crippen MR) is 42.0 cm³/mol. The van der Waals surface area contributed by atoms with E-state index in [1.807, 2.05) is 6.92 Å². The molecule has 10 heavy (non-hydrogen) atoms. The Hall–Kier alpha value is -0.0800. The molecule has 60 valence electrons. The molecule has 2 unspecified atom stereocenters. The zero-order valence-corrected chi connectivity index (χ0v) is 6.89. The third-order valence-electron chi connectivity index (χ3n) is 2.21. The van der Waals surface area contributed by atoms with Crippen LogP contribution in [0.2, 0.25) is 0 Å². The first kappa shape index (κ1) is 8.02. The molecule has 2 heteroatoms. The topological polar surface area (TPSA) is 21.3 Å². The molecule has 0 bridgehead atoms. The summed E-state index contributed by atoms with van der Waals surface area (Å²) in [5.41, 5.74) is 0. The smallest absolute Gasteiger partial charge is 0.0509 e. The van der Waals surface area contributed by atoms with E-state index in [-0.39, 0.29) is 0 Å². The van der Waals surface area contributed by atoms with Crippen LogP contribution in [0.25, 0.3) is 0 Å². The maximum atomic E-state index is 5.35. The van der Waals surface area contributed by atoms with Crippen LogP contribution in [0, 0.1) is 11.8 Å². The molecule has 0 radical (unpaired) electrons. The van der Waals surface area contributed by atoms with E-state index in [1.54, 1.807) is 0 Å². The maximum absolute atomic E-state index is 5.35. The second-order valence-electron chi connectivity index (χ2n) is 3.06. The van der Waals surface area contributed by atoms with Crippen LogP contribution in [0.4, 0.5) is 0 Å². The minimum atomic E-state index is 0.750. The highest BCUT2D eigenvalue weighted by Gasteiger charge is 2.22. The summed E-state index contributed by atoms with van der Waals surface area (Å²) in [5.74, 6) is 1.55. The third kappa shape index (κ3) is 1.96. The van der Waals surface area contributed by atoms with Crippen LogP contribution in [-0.2, 0) is 4.74 Å². The van der Waals surface area contributed by atoms with E-state index < -0.39 is 0 Å². The van der Waals surface area contributed by atoms with Crippen molar-refractivity contribution >= 4 is 0 Å². The molecule has 1 fully saturated rings. The van der Waals surface area contributed by atoms with Gasteiger partial charge in [0.2, 0.25) is 0 Å². The van der Waals surface area contributed by atoms with Gasteiger partial charge in [0, 0.05) is 13.2 Å². The molecule has 1 heterocycles. The van der Waals surface area contributed by atoms with E-state index in [0.29, 0.717) is 0 Å². The van der Waals surface area contributed by atoms with Crippen molar-refractivity contribution in [3.05, 3.63) is 0 Å². The quantitative estimate of drug-likeness (QED) is 0.633. The summed E-state index contributed by atoms with van der Waals surface area (Å²) in [7, 11) is 0. The molecule has 0 aromatic heterocycles. The van der Waals surface area contributed by atoms with Crippen LogP contribution in [-0.4, -0.2) is 26.3 Å². The highest BCUT2D eigenvalue weighted by molar-refractivity contribution is 4.77. The fourth-order valence-corrected chi connectivity index (χ4v) is 1.36. The normalized spacial score (nSPS) is 33.0. The number of nitrogens with one attached hydrogen (secondary N) is 1. The van der Waals surface area contributed by atoms with Crippen molar-refractivity contribution < 1.29 is 4.74 Å². The second-order valence-corrected chi connectivity index (χ2v) is 3.06. The lowest BCUT2D eigenvalue weighted by molar-refractivity contribution is 0.104. The Morgan fingerprint density at radius 2 is 2.30 bits per heavy atom. The summed E-state index contributed by atoms with van der Waals surface area (Å²) < 4.78 is 5.35. The predicted octanol–water partition coefficient (Wildman–Crippen LogP) is 0.878. The summed E-state index contributed by atoms with van der Waals surface area (Å²) in [4.78, 5) is 0. The molecular formula is C8H17NO. The standard InChI is InChI=1S/C8H17NO/c1-3-10-6-8-5-9-4-7(8)2/h7-9H,3-6H2,1-2H3. The van der Waals surface area contributed by atoms with E-state index in [1.165, 1.54) is 0 Å². The van der Waals surface area contributed by atoms with Crippen molar-refractivity contribution in [3.8, 4) is 0 Å². The lowest BCUT2D eigenvalue weighted by atomic mass is 9.99. The molecule has 0 aliphatic carbocycles. The van der Waals surface area contributed by atoms with Gasteiger partial charge in [-0.3, -0.25) is 0 Å². The summed E-state index contributed by atoms with van der Waals surface area (Å²) in [5, 5.41) is 3.35. The summed E-state index contributed by atoms with van der Waals surface area (Å²) in [6.07, 6.45) is 0. The van der Waals surface area contributed by atoms with Crippen molar-refractivity contribution in [2.24, 2.45) is 11.8 Å². The van der Waals surface area contributed by atoms with E-state index in [2.05, 4.69) is 12.2 Å². The Balaban J connectivity index is 2.14. The molecule has 1 N–H and O–H groups in total. The van der Waals surface area contributed by atoms with Gasteiger partial charge < -0.3 is 10.1 Å². The van der Waals surface area contributed by atoms with Gasteiger partial charge in [-0.05, 0) is 25.3 Å². The second kappa shape index (κ2) is 3.94. The molecule has 2 nitrogen and oxygen atoms in total. The monoisotopic (exact) mass is 143 g/mol. The van der Waals surface area contributed by atoms with Crippen molar-refractivity contribution in [1.82, 2.24) is 5.32 Å². The number of rotatable bonds is 3. The Kier molecular flexibility index (Phi) is 3.16. The first-order chi connectivity index (χ1) is 4.84. The number of ether oxygens (including phenoxy) is 1.